The minimum atomic E-state index is -0.389. The third-order valence-electron chi connectivity index (χ3n) is 4.42. The predicted octanol–water partition coefficient (Wildman–Crippen LogP) is 2.94. The Kier molecular flexibility index (Phi) is 5.05. The monoisotopic (exact) mass is 338 g/mol. The summed E-state index contributed by atoms with van der Waals surface area (Å²) in [6.07, 6.45) is 4.37. The summed E-state index contributed by atoms with van der Waals surface area (Å²) in [5.41, 5.74) is 2.06. The number of hydrogen-bond donors (Lipinski definition) is 1. The van der Waals surface area contributed by atoms with Crippen molar-refractivity contribution in [1.29, 1.82) is 5.26 Å². The molecular formula is C19H19FN4O. The number of pyridine rings is 1. The second kappa shape index (κ2) is 7.41. The molecule has 1 saturated heterocycles. The topological polar surface area (TPSA) is 69.0 Å². The molecule has 1 aromatic heterocycles. The van der Waals surface area contributed by atoms with Gasteiger partial charge in [-0.05, 0) is 55.7 Å². The molecule has 0 spiro atoms. The van der Waals surface area contributed by atoms with Crippen molar-refractivity contribution in [3.8, 4) is 6.07 Å². The highest BCUT2D eigenvalue weighted by Gasteiger charge is 2.30. The number of nitrogens with zero attached hydrogens (tertiary/aromatic N) is 3. The van der Waals surface area contributed by atoms with Crippen molar-refractivity contribution in [2.24, 2.45) is 0 Å². The number of nitriles is 1. The van der Waals surface area contributed by atoms with Gasteiger partial charge in [0.2, 0.25) is 5.91 Å². The van der Waals surface area contributed by atoms with Crippen LogP contribution in [0.15, 0.2) is 42.7 Å². The molecule has 0 radical (unpaired) electrons. The van der Waals surface area contributed by atoms with E-state index in [1.807, 2.05) is 6.92 Å². The second-order valence-electron chi connectivity index (χ2n) is 6.17. The van der Waals surface area contributed by atoms with Gasteiger partial charge in [-0.25, -0.2) is 4.39 Å². The first-order valence-corrected chi connectivity index (χ1v) is 8.26. The molecule has 3 rings (SSSR count). The number of carbonyl (C=O) groups is 1. The summed E-state index contributed by atoms with van der Waals surface area (Å²) in [7, 11) is 0. The Morgan fingerprint density at radius 2 is 2.12 bits per heavy atom. The van der Waals surface area contributed by atoms with Crippen LogP contribution in [-0.2, 0) is 4.79 Å². The zero-order chi connectivity index (χ0) is 17.8. The summed E-state index contributed by atoms with van der Waals surface area (Å²) in [5, 5.41) is 12.2. The Bertz CT molecular complexity index is 800. The quantitative estimate of drug-likeness (QED) is 0.930. The van der Waals surface area contributed by atoms with E-state index in [1.54, 1.807) is 35.4 Å². The van der Waals surface area contributed by atoms with E-state index in [0.717, 1.165) is 24.7 Å². The summed E-state index contributed by atoms with van der Waals surface area (Å²) in [5.74, 6) is -0.396. The van der Waals surface area contributed by atoms with Crippen molar-refractivity contribution >= 4 is 11.6 Å². The lowest BCUT2D eigenvalue weighted by Crippen LogP contribution is -2.51. The van der Waals surface area contributed by atoms with E-state index in [1.165, 1.54) is 6.07 Å². The zero-order valence-corrected chi connectivity index (χ0v) is 13.9. The molecule has 128 valence electrons. The summed E-state index contributed by atoms with van der Waals surface area (Å²) in [4.78, 5) is 18.4. The van der Waals surface area contributed by atoms with Crippen LogP contribution < -0.4 is 10.2 Å². The van der Waals surface area contributed by atoms with E-state index in [-0.39, 0.29) is 23.8 Å². The number of carbonyl (C=O) groups excluding carboxylic acids is 1. The van der Waals surface area contributed by atoms with Crippen LogP contribution in [0.4, 0.5) is 10.1 Å². The Morgan fingerprint density at radius 3 is 2.80 bits per heavy atom. The molecule has 1 aromatic carbocycles. The fraction of sp³-hybridized carbons (Fsp3) is 0.316. The number of aromatic nitrogens is 1. The van der Waals surface area contributed by atoms with Crippen molar-refractivity contribution in [3.05, 3.63) is 59.7 Å². The molecule has 2 unspecified atom stereocenters. The minimum Gasteiger partial charge on any atom is -0.311 e. The first-order valence-electron chi connectivity index (χ1n) is 8.26. The van der Waals surface area contributed by atoms with Gasteiger partial charge in [-0.3, -0.25) is 15.1 Å². The maximum Gasteiger partial charge on any atom is 0.244 e. The SMILES string of the molecule is CC(NC1CCCN(c2ccc(C#N)cc2)C1=O)c1cncc(F)c1. The molecular weight excluding hydrogens is 319 g/mol. The highest BCUT2D eigenvalue weighted by atomic mass is 19.1. The van der Waals surface area contributed by atoms with Gasteiger partial charge in [0.1, 0.15) is 5.82 Å². The fourth-order valence-corrected chi connectivity index (χ4v) is 3.07. The first-order chi connectivity index (χ1) is 12.1. The van der Waals surface area contributed by atoms with Gasteiger partial charge < -0.3 is 4.90 Å². The van der Waals surface area contributed by atoms with Gasteiger partial charge in [-0.15, -0.1) is 0 Å². The van der Waals surface area contributed by atoms with E-state index < -0.39 is 0 Å². The molecule has 5 nitrogen and oxygen atoms in total. The van der Waals surface area contributed by atoms with E-state index in [4.69, 9.17) is 5.26 Å². The lowest BCUT2D eigenvalue weighted by atomic mass is 10.0. The molecule has 1 amide bonds. The number of hydrogen-bond acceptors (Lipinski definition) is 4. The van der Waals surface area contributed by atoms with Crippen LogP contribution in [0.25, 0.3) is 0 Å². The number of anilines is 1. The number of benzene rings is 1. The molecule has 1 fully saturated rings. The van der Waals surface area contributed by atoms with Gasteiger partial charge in [0.15, 0.2) is 0 Å². The molecule has 1 aliphatic heterocycles. The van der Waals surface area contributed by atoms with Crippen LogP contribution in [0.2, 0.25) is 0 Å². The van der Waals surface area contributed by atoms with Crippen molar-refractivity contribution < 1.29 is 9.18 Å². The lowest BCUT2D eigenvalue weighted by Gasteiger charge is -2.34. The summed E-state index contributed by atoms with van der Waals surface area (Å²) < 4.78 is 13.3. The highest BCUT2D eigenvalue weighted by molar-refractivity contribution is 5.98. The van der Waals surface area contributed by atoms with E-state index in [0.29, 0.717) is 17.7 Å². The van der Waals surface area contributed by atoms with E-state index in [2.05, 4.69) is 16.4 Å². The molecule has 6 heteroatoms. The van der Waals surface area contributed by atoms with Crippen LogP contribution in [0.1, 0.15) is 36.9 Å². The van der Waals surface area contributed by atoms with Crippen molar-refractivity contribution in [2.45, 2.75) is 31.8 Å². The summed E-state index contributed by atoms with van der Waals surface area (Å²) in [6, 6.07) is 9.99. The molecule has 1 aliphatic rings. The smallest absolute Gasteiger partial charge is 0.244 e. The second-order valence-corrected chi connectivity index (χ2v) is 6.17. The Morgan fingerprint density at radius 1 is 1.36 bits per heavy atom. The highest BCUT2D eigenvalue weighted by Crippen LogP contribution is 2.23. The van der Waals surface area contributed by atoms with Gasteiger partial charge in [-0.1, -0.05) is 0 Å². The molecule has 25 heavy (non-hydrogen) atoms. The van der Waals surface area contributed by atoms with Crippen LogP contribution in [0, 0.1) is 17.1 Å². The number of halogens is 1. The number of rotatable bonds is 4. The third kappa shape index (κ3) is 3.83. The molecule has 1 N–H and O–H groups in total. The average Bonchev–Trinajstić information content (AvgIpc) is 2.63. The largest absolute Gasteiger partial charge is 0.311 e. The number of piperidine rings is 1. The van der Waals surface area contributed by atoms with E-state index in [9.17, 15) is 9.18 Å². The van der Waals surface area contributed by atoms with Gasteiger partial charge in [0, 0.05) is 24.5 Å². The molecule has 2 atom stereocenters. The lowest BCUT2D eigenvalue weighted by molar-refractivity contribution is -0.122. The maximum absolute atomic E-state index is 13.3. The molecule has 0 saturated carbocycles. The molecule has 0 bridgehead atoms. The van der Waals surface area contributed by atoms with Gasteiger partial charge in [-0.2, -0.15) is 5.26 Å². The summed E-state index contributed by atoms with van der Waals surface area (Å²) in [6.45, 7) is 2.54. The van der Waals surface area contributed by atoms with Crippen molar-refractivity contribution in [1.82, 2.24) is 10.3 Å². The van der Waals surface area contributed by atoms with Crippen LogP contribution in [0.5, 0.6) is 0 Å². The molecule has 0 aliphatic carbocycles. The van der Waals surface area contributed by atoms with Gasteiger partial charge >= 0.3 is 0 Å². The van der Waals surface area contributed by atoms with Gasteiger partial charge in [0.05, 0.1) is 23.9 Å². The summed E-state index contributed by atoms with van der Waals surface area (Å²) >= 11 is 0. The first kappa shape index (κ1) is 17.1. The van der Waals surface area contributed by atoms with Crippen LogP contribution in [-0.4, -0.2) is 23.5 Å². The Hall–Kier alpha value is -2.78. The Balaban J connectivity index is 1.72. The fourth-order valence-electron chi connectivity index (χ4n) is 3.07. The Labute approximate surface area is 146 Å². The standard InChI is InChI=1S/C19H19FN4O/c1-13(15-9-16(20)12-22-11-15)23-18-3-2-8-24(19(18)25)17-6-4-14(10-21)5-7-17/h4-7,9,11-13,18,23H,2-3,8H2,1H3. The molecule has 2 aromatic rings. The zero-order valence-electron chi connectivity index (χ0n) is 13.9. The van der Waals surface area contributed by atoms with Gasteiger partial charge in [0.25, 0.3) is 0 Å². The number of amides is 1. The van der Waals surface area contributed by atoms with Crippen LogP contribution >= 0.6 is 0 Å². The van der Waals surface area contributed by atoms with Crippen molar-refractivity contribution in [3.63, 3.8) is 0 Å². The predicted molar refractivity (Wildman–Crippen MR) is 92.3 cm³/mol. The number of nitrogens with one attached hydrogen (secondary N) is 1. The van der Waals surface area contributed by atoms with Crippen LogP contribution in [0.3, 0.4) is 0 Å². The van der Waals surface area contributed by atoms with E-state index >= 15 is 0 Å². The van der Waals surface area contributed by atoms with Crippen molar-refractivity contribution in [2.75, 3.05) is 11.4 Å². The molecule has 2 heterocycles. The maximum atomic E-state index is 13.3. The normalized spacial score (nSPS) is 18.7. The third-order valence-corrected chi connectivity index (χ3v) is 4.42. The minimum absolute atomic E-state index is 0.00725. The average molecular weight is 338 g/mol.